The lowest BCUT2D eigenvalue weighted by atomic mass is 10.2. The number of benzene rings is 1. The first kappa shape index (κ1) is 26.0. The first-order valence-electron chi connectivity index (χ1n) is 10.8. The van der Waals surface area contributed by atoms with Crippen LogP contribution in [0.4, 0.5) is 16.2 Å². The predicted octanol–water partition coefficient (Wildman–Crippen LogP) is 3.29. The van der Waals surface area contributed by atoms with E-state index in [9.17, 15) is 9.59 Å². The maximum Gasteiger partial charge on any atom is 0.414 e. The highest BCUT2D eigenvalue weighted by Gasteiger charge is 2.25. The van der Waals surface area contributed by atoms with Crippen molar-refractivity contribution in [2.75, 3.05) is 37.9 Å². The summed E-state index contributed by atoms with van der Waals surface area (Å²) in [5, 5.41) is 7.00. The molecule has 2 amide bonds. The van der Waals surface area contributed by atoms with Gasteiger partial charge in [0.2, 0.25) is 0 Å². The number of ether oxygens (including phenoxy) is 3. The summed E-state index contributed by atoms with van der Waals surface area (Å²) in [5.74, 6) is 0.179. The number of hydrogen-bond donors (Lipinski definition) is 2. The number of rotatable bonds is 8. The van der Waals surface area contributed by atoms with Crippen LogP contribution in [0.25, 0.3) is 5.65 Å². The van der Waals surface area contributed by atoms with Crippen LogP contribution in [0, 0.1) is 0 Å². The van der Waals surface area contributed by atoms with Crippen LogP contribution < -0.4 is 20.7 Å². The Hall–Kier alpha value is -3.57. The Balaban J connectivity index is 1.63. The van der Waals surface area contributed by atoms with Crippen molar-refractivity contribution in [3.8, 4) is 5.75 Å². The maximum absolute atomic E-state index is 12.7. The summed E-state index contributed by atoms with van der Waals surface area (Å²) in [5.41, 5.74) is 7.41. The zero-order valence-electron chi connectivity index (χ0n) is 20.3. The number of nitrogens with one attached hydrogen (secondary N) is 1. The van der Waals surface area contributed by atoms with E-state index >= 15 is 0 Å². The summed E-state index contributed by atoms with van der Waals surface area (Å²) < 4.78 is 17.4. The van der Waals surface area contributed by atoms with Gasteiger partial charge in [0.05, 0.1) is 37.9 Å². The van der Waals surface area contributed by atoms with Gasteiger partial charge in [0.25, 0.3) is 5.91 Å². The molecule has 35 heavy (non-hydrogen) atoms. The van der Waals surface area contributed by atoms with E-state index in [0.717, 1.165) is 5.56 Å². The fraction of sp³-hybridized carbons (Fsp3) is 0.391. The average molecular weight is 505 g/mol. The molecule has 0 atom stereocenters. The van der Waals surface area contributed by atoms with Gasteiger partial charge in [0.1, 0.15) is 11.4 Å². The second kappa shape index (κ2) is 10.8. The molecule has 0 radical (unpaired) electrons. The number of nitrogens with two attached hydrogens (primary N) is 1. The van der Waals surface area contributed by atoms with Crippen molar-refractivity contribution in [1.82, 2.24) is 19.9 Å². The number of nitrogen functional groups attached to an aromatic ring is 1. The van der Waals surface area contributed by atoms with Crippen LogP contribution >= 0.6 is 11.6 Å². The number of amides is 2. The number of carbonyl (C=O) groups is 2. The van der Waals surface area contributed by atoms with Crippen LogP contribution in [0.3, 0.4) is 0 Å². The minimum atomic E-state index is -0.680. The topological polar surface area (TPSA) is 133 Å². The molecule has 0 aliphatic carbocycles. The van der Waals surface area contributed by atoms with Crippen LogP contribution in [0.15, 0.2) is 30.5 Å². The summed E-state index contributed by atoms with van der Waals surface area (Å²) in [6.45, 7) is 6.15. The van der Waals surface area contributed by atoms with E-state index in [4.69, 9.17) is 31.5 Å². The van der Waals surface area contributed by atoms with Gasteiger partial charge in [0, 0.05) is 19.7 Å². The monoisotopic (exact) mass is 504 g/mol. The van der Waals surface area contributed by atoms with E-state index < -0.39 is 17.6 Å². The van der Waals surface area contributed by atoms with Gasteiger partial charge < -0.3 is 25.3 Å². The third-order valence-corrected chi connectivity index (χ3v) is 4.96. The summed E-state index contributed by atoms with van der Waals surface area (Å²) in [6.07, 6.45) is 0.771. The van der Waals surface area contributed by atoms with Crippen LogP contribution in [-0.4, -0.2) is 59.5 Å². The smallest absolute Gasteiger partial charge is 0.414 e. The summed E-state index contributed by atoms with van der Waals surface area (Å²) >= 11 is 6.17. The molecule has 0 bridgehead atoms. The third kappa shape index (κ3) is 6.52. The van der Waals surface area contributed by atoms with Crippen molar-refractivity contribution in [2.45, 2.75) is 33.0 Å². The molecule has 2 aromatic heterocycles. The zero-order valence-corrected chi connectivity index (χ0v) is 21.0. The standard InChI is InChI=1S/C23H29ClN6O5/c1-23(2,3)35-22(32)29(4)16-11-19(24)28-30-17(12-27-20(16)30)21(31)26-8-9-34-13-14-6-7-18(33-5)15(25)10-14/h6-7,10-12H,8-9,13,25H2,1-5H3,(H,26,31). The molecule has 2 heterocycles. The second-order valence-electron chi connectivity index (χ2n) is 8.66. The Morgan fingerprint density at radius 3 is 2.66 bits per heavy atom. The molecule has 12 heteroatoms. The quantitative estimate of drug-likeness (QED) is 0.352. The van der Waals surface area contributed by atoms with Gasteiger partial charge in [-0.05, 0) is 38.5 Å². The molecule has 188 valence electrons. The molecule has 0 aliphatic heterocycles. The fourth-order valence-corrected chi connectivity index (χ4v) is 3.32. The number of carbonyl (C=O) groups excluding carboxylic acids is 2. The highest BCUT2D eigenvalue weighted by Crippen LogP contribution is 2.25. The van der Waals surface area contributed by atoms with Crippen molar-refractivity contribution >= 4 is 40.6 Å². The Bertz CT molecular complexity index is 1220. The third-order valence-electron chi connectivity index (χ3n) is 4.77. The van der Waals surface area contributed by atoms with Crippen molar-refractivity contribution in [3.05, 3.63) is 46.9 Å². The van der Waals surface area contributed by atoms with Crippen molar-refractivity contribution in [1.29, 1.82) is 0 Å². The molecule has 11 nitrogen and oxygen atoms in total. The van der Waals surface area contributed by atoms with Gasteiger partial charge in [-0.1, -0.05) is 17.7 Å². The number of anilines is 2. The minimum Gasteiger partial charge on any atom is -0.495 e. The lowest BCUT2D eigenvalue weighted by Gasteiger charge is -2.24. The van der Waals surface area contributed by atoms with Gasteiger partial charge in [-0.25, -0.2) is 14.3 Å². The predicted molar refractivity (Wildman–Crippen MR) is 132 cm³/mol. The molecular weight excluding hydrogens is 476 g/mol. The molecule has 3 aromatic rings. The summed E-state index contributed by atoms with van der Waals surface area (Å²) in [6, 6.07) is 6.88. The molecule has 0 unspecified atom stereocenters. The number of fused-ring (bicyclic) bond motifs is 1. The molecule has 3 rings (SSSR count). The fourth-order valence-electron chi connectivity index (χ4n) is 3.14. The largest absolute Gasteiger partial charge is 0.495 e. The Morgan fingerprint density at radius 1 is 1.26 bits per heavy atom. The van der Waals surface area contributed by atoms with E-state index in [1.807, 2.05) is 6.07 Å². The van der Waals surface area contributed by atoms with E-state index in [2.05, 4.69) is 15.4 Å². The van der Waals surface area contributed by atoms with Gasteiger partial charge >= 0.3 is 6.09 Å². The van der Waals surface area contributed by atoms with Crippen LogP contribution in [-0.2, 0) is 16.1 Å². The minimum absolute atomic E-state index is 0.0806. The summed E-state index contributed by atoms with van der Waals surface area (Å²) in [4.78, 5) is 30.8. The molecule has 0 saturated carbocycles. The van der Waals surface area contributed by atoms with E-state index in [-0.39, 0.29) is 29.6 Å². The van der Waals surface area contributed by atoms with Crippen LogP contribution in [0.2, 0.25) is 5.15 Å². The highest BCUT2D eigenvalue weighted by molar-refractivity contribution is 6.29. The number of aromatic nitrogens is 3. The van der Waals surface area contributed by atoms with E-state index in [1.165, 1.54) is 28.7 Å². The van der Waals surface area contributed by atoms with Crippen molar-refractivity contribution in [3.63, 3.8) is 0 Å². The number of hydrogen-bond acceptors (Lipinski definition) is 8. The Labute approximate surface area is 208 Å². The Morgan fingerprint density at radius 2 is 2.00 bits per heavy atom. The molecule has 3 N–H and O–H groups in total. The van der Waals surface area contributed by atoms with Crippen molar-refractivity contribution < 1.29 is 23.8 Å². The number of methoxy groups -OCH3 is 1. The van der Waals surface area contributed by atoms with Gasteiger partial charge in [0.15, 0.2) is 16.5 Å². The number of nitrogens with zero attached hydrogens (tertiary/aromatic N) is 4. The average Bonchev–Trinajstić information content (AvgIpc) is 3.20. The molecule has 0 fully saturated rings. The maximum atomic E-state index is 12.7. The number of imidazole rings is 1. The zero-order chi connectivity index (χ0) is 25.8. The first-order valence-corrected chi connectivity index (χ1v) is 11.2. The van der Waals surface area contributed by atoms with E-state index in [1.54, 1.807) is 40.0 Å². The van der Waals surface area contributed by atoms with Crippen molar-refractivity contribution in [2.24, 2.45) is 0 Å². The molecule has 1 aromatic carbocycles. The SMILES string of the molecule is COc1ccc(COCCNC(=O)c2cnc3c(N(C)C(=O)OC(C)(C)C)cc(Cl)nn23)cc1N. The Kier molecular flexibility index (Phi) is 8.03. The van der Waals surface area contributed by atoms with E-state index in [0.29, 0.717) is 23.7 Å². The molecule has 0 aliphatic rings. The molecular formula is C23H29ClN6O5. The summed E-state index contributed by atoms with van der Waals surface area (Å²) in [7, 11) is 3.08. The number of halogens is 1. The normalized spacial score (nSPS) is 11.4. The van der Waals surface area contributed by atoms with Gasteiger partial charge in [-0.15, -0.1) is 0 Å². The van der Waals surface area contributed by atoms with Gasteiger partial charge in [-0.2, -0.15) is 5.10 Å². The van der Waals surface area contributed by atoms with Crippen LogP contribution in [0.1, 0.15) is 36.8 Å². The van der Waals surface area contributed by atoms with Crippen LogP contribution in [0.5, 0.6) is 5.75 Å². The lowest BCUT2D eigenvalue weighted by Crippen LogP contribution is -2.34. The lowest BCUT2D eigenvalue weighted by molar-refractivity contribution is 0.0589. The van der Waals surface area contributed by atoms with Gasteiger partial charge in [-0.3, -0.25) is 9.69 Å². The molecule has 0 saturated heterocycles. The molecule has 0 spiro atoms. The first-order chi connectivity index (χ1) is 16.5. The second-order valence-corrected chi connectivity index (χ2v) is 9.04. The highest BCUT2D eigenvalue weighted by atomic mass is 35.5.